The van der Waals surface area contributed by atoms with Gasteiger partial charge in [-0.25, -0.2) is 0 Å². The lowest BCUT2D eigenvalue weighted by Crippen LogP contribution is -2.40. The number of aryl methyl sites for hydroxylation is 3. The highest BCUT2D eigenvalue weighted by Crippen LogP contribution is 2.26. The zero-order chi connectivity index (χ0) is 22.0. The van der Waals surface area contributed by atoms with Gasteiger partial charge < -0.3 is 10.2 Å². The molecule has 0 unspecified atom stereocenters. The third-order valence-corrected chi connectivity index (χ3v) is 4.93. The third kappa shape index (κ3) is 4.59. The third-order valence-electron chi connectivity index (χ3n) is 4.93. The van der Waals surface area contributed by atoms with E-state index in [1.807, 2.05) is 87.5 Å². The van der Waals surface area contributed by atoms with Crippen molar-refractivity contribution >= 4 is 11.7 Å². The van der Waals surface area contributed by atoms with Crippen LogP contribution in [-0.2, 0) is 0 Å². The molecule has 0 amide bonds. The van der Waals surface area contributed by atoms with Crippen LogP contribution in [0.5, 0.6) is 0 Å². The van der Waals surface area contributed by atoms with Crippen LogP contribution in [0.1, 0.15) is 27.8 Å². The Labute approximate surface area is 181 Å². The molecule has 0 fully saturated rings. The first-order valence-electron chi connectivity index (χ1n) is 9.95. The van der Waals surface area contributed by atoms with Gasteiger partial charge in [0.1, 0.15) is 0 Å². The number of hydrogen-bond acceptors (Lipinski definition) is 3. The van der Waals surface area contributed by atoms with Gasteiger partial charge in [0.15, 0.2) is 0 Å². The van der Waals surface area contributed by atoms with E-state index in [2.05, 4.69) is 15.2 Å². The van der Waals surface area contributed by atoms with E-state index in [9.17, 15) is 0 Å². The van der Waals surface area contributed by atoms with Gasteiger partial charge in [0, 0.05) is 16.7 Å². The summed E-state index contributed by atoms with van der Waals surface area (Å²) in [6.07, 6.45) is 0. The van der Waals surface area contributed by atoms with Gasteiger partial charge in [-0.3, -0.25) is 5.41 Å². The molecule has 1 heterocycles. The largest absolute Gasteiger partial charge is 0.416 e. The number of rotatable bonds is 4. The van der Waals surface area contributed by atoms with Crippen molar-refractivity contribution in [2.75, 3.05) is 0 Å². The fraction of sp³-hybridized carbons (Fsp3) is 0.120. The first-order chi connectivity index (χ1) is 14.9. The molecule has 4 aromatic rings. The molecule has 0 aliphatic carbocycles. The van der Waals surface area contributed by atoms with Crippen LogP contribution < -0.4 is 11.1 Å². The summed E-state index contributed by atoms with van der Waals surface area (Å²) in [7, 11) is 0. The highest BCUT2D eigenvalue weighted by Gasteiger charge is 2.16. The molecule has 6 heteroatoms. The number of nitrogens with zero attached hydrogens (tertiary/aromatic N) is 3. The van der Waals surface area contributed by atoms with E-state index in [0.717, 1.165) is 33.4 Å². The average Bonchev–Trinajstić information content (AvgIpc) is 3.24. The van der Waals surface area contributed by atoms with Gasteiger partial charge in [-0.1, -0.05) is 35.4 Å². The molecule has 0 aliphatic heterocycles. The molecule has 3 aromatic carbocycles. The lowest BCUT2D eigenvalue weighted by Gasteiger charge is -2.02. The topological polar surface area (TPSA) is 103 Å². The molecule has 6 nitrogen and oxygen atoms in total. The normalized spacial score (nSPS) is 11.5. The van der Waals surface area contributed by atoms with E-state index in [-0.39, 0.29) is 0 Å². The molecule has 31 heavy (non-hydrogen) atoms. The maximum absolute atomic E-state index is 6.27. The summed E-state index contributed by atoms with van der Waals surface area (Å²) in [4.78, 5) is 4.41. The molecule has 4 rings (SSSR count). The smallest absolute Gasteiger partial charge is 0.324 e. The Bertz CT molecular complexity index is 1270. The number of aromatic nitrogens is 2. The molecule has 4 N–H and O–H groups in total. The Kier molecular flexibility index (Phi) is 5.45. The number of nitrogens with two attached hydrogens (primary N) is 2. The molecule has 154 valence electrons. The predicted molar refractivity (Wildman–Crippen MR) is 123 cm³/mol. The molecule has 1 aromatic heterocycles. The molecule has 0 bridgehead atoms. The number of hydrogen-bond donors (Lipinski definition) is 2. The van der Waals surface area contributed by atoms with Crippen LogP contribution >= 0.6 is 0 Å². The summed E-state index contributed by atoms with van der Waals surface area (Å²) in [5.41, 5.74) is 12.7. The van der Waals surface area contributed by atoms with Crippen LogP contribution in [0.3, 0.4) is 0 Å². The lowest BCUT2D eigenvalue weighted by atomic mass is 10.1. The van der Waals surface area contributed by atoms with Crippen molar-refractivity contribution in [2.24, 2.45) is 10.7 Å². The second-order valence-corrected chi connectivity index (χ2v) is 7.61. The Morgan fingerprint density at radius 2 is 1.32 bits per heavy atom. The lowest BCUT2D eigenvalue weighted by molar-refractivity contribution is -0.114. The first kappa shape index (κ1) is 20.2. The van der Waals surface area contributed by atoms with Crippen molar-refractivity contribution < 1.29 is 9.83 Å². The van der Waals surface area contributed by atoms with Crippen molar-refractivity contribution in [2.45, 2.75) is 20.8 Å². The molecule has 0 spiro atoms. The minimum atomic E-state index is 0.321. The maximum atomic E-state index is 6.27. The van der Waals surface area contributed by atoms with Crippen LogP contribution in [0.4, 0.5) is 0 Å². The minimum absolute atomic E-state index is 0.321. The molecule has 0 atom stereocenters. The molecular weight excluding hydrogens is 386 g/mol. The van der Waals surface area contributed by atoms with E-state index >= 15 is 0 Å². The highest BCUT2D eigenvalue weighted by atomic mass is 16.4. The van der Waals surface area contributed by atoms with Gasteiger partial charge in [0.25, 0.3) is 0 Å². The van der Waals surface area contributed by atoms with E-state index < -0.39 is 0 Å². The SMILES string of the molecule is Cc1ccc(C(N)=NC(=[NH2+])c2cc(C)cc(-c3nnc(-c4ccc(C)cc4)o3)c2)cc1. The molecule has 0 aliphatic rings. The monoisotopic (exact) mass is 410 g/mol. The minimum Gasteiger partial charge on any atom is -0.416 e. The van der Waals surface area contributed by atoms with E-state index in [1.165, 1.54) is 5.56 Å². The average molecular weight is 411 g/mol. The maximum Gasteiger partial charge on any atom is 0.324 e. The van der Waals surface area contributed by atoms with E-state index in [1.54, 1.807) is 0 Å². The van der Waals surface area contributed by atoms with Crippen LogP contribution in [0.25, 0.3) is 22.9 Å². The van der Waals surface area contributed by atoms with Gasteiger partial charge in [-0.2, -0.15) is 0 Å². The van der Waals surface area contributed by atoms with Crippen molar-refractivity contribution in [1.29, 1.82) is 0 Å². The standard InChI is InChI=1S/C25H23N5O/c1-15-4-8-18(9-5-15)22(26)28-23(27)20-12-17(3)13-21(14-20)25-30-29-24(31-25)19-10-6-16(2)7-11-19/h4-14H,1-3H3,(H3,26,27,28)/p+1. The molecular formula is C25H24N5O+. The summed E-state index contributed by atoms with van der Waals surface area (Å²) in [6, 6.07) is 21.6. The summed E-state index contributed by atoms with van der Waals surface area (Å²) in [6.45, 7) is 6.03. The second-order valence-electron chi connectivity index (χ2n) is 7.61. The zero-order valence-electron chi connectivity index (χ0n) is 17.8. The highest BCUT2D eigenvalue weighted by molar-refractivity contribution is 6.09. The zero-order valence-corrected chi connectivity index (χ0v) is 17.8. The van der Waals surface area contributed by atoms with Crippen LogP contribution in [-0.4, -0.2) is 21.9 Å². The molecule has 0 saturated carbocycles. The van der Waals surface area contributed by atoms with Gasteiger partial charge >= 0.3 is 5.84 Å². The summed E-state index contributed by atoms with van der Waals surface area (Å²) in [5, 5.41) is 14.7. The van der Waals surface area contributed by atoms with Crippen molar-refractivity contribution in [3.63, 3.8) is 0 Å². The van der Waals surface area contributed by atoms with Crippen molar-refractivity contribution in [3.05, 3.63) is 94.5 Å². The first-order valence-corrected chi connectivity index (χ1v) is 9.95. The van der Waals surface area contributed by atoms with Crippen LogP contribution in [0.15, 0.2) is 76.1 Å². The number of aliphatic imine (C=N–C) groups is 1. The van der Waals surface area contributed by atoms with Gasteiger partial charge in [0.2, 0.25) is 17.6 Å². The van der Waals surface area contributed by atoms with E-state index in [0.29, 0.717) is 23.5 Å². The quantitative estimate of drug-likeness (QED) is 0.398. The second kappa shape index (κ2) is 8.36. The Hall–Kier alpha value is -4.06. The Morgan fingerprint density at radius 1 is 0.742 bits per heavy atom. The van der Waals surface area contributed by atoms with Gasteiger partial charge in [0.05, 0.1) is 5.56 Å². The Morgan fingerprint density at radius 3 is 1.97 bits per heavy atom. The summed E-state index contributed by atoms with van der Waals surface area (Å²) >= 11 is 0. The predicted octanol–water partition coefficient (Wildman–Crippen LogP) is 3.24. The number of benzene rings is 3. The summed E-state index contributed by atoms with van der Waals surface area (Å²) < 4.78 is 5.91. The molecule has 0 radical (unpaired) electrons. The van der Waals surface area contributed by atoms with Crippen LogP contribution in [0, 0.1) is 20.8 Å². The van der Waals surface area contributed by atoms with Crippen molar-refractivity contribution in [1.82, 2.24) is 10.2 Å². The summed E-state index contributed by atoms with van der Waals surface area (Å²) in [5.74, 6) is 1.57. The molecule has 0 saturated heterocycles. The van der Waals surface area contributed by atoms with Gasteiger partial charge in [-0.05, 0) is 73.8 Å². The number of amidine groups is 2. The Balaban J connectivity index is 1.63. The fourth-order valence-corrected chi connectivity index (χ4v) is 3.19. The van der Waals surface area contributed by atoms with Gasteiger partial charge in [-0.15, -0.1) is 10.2 Å². The van der Waals surface area contributed by atoms with Crippen molar-refractivity contribution in [3.8, 4) is 22.9 Å². The van der Waals surface area contributed by atoms with Crippen LogP contribution in [0.2, 0.25) is 0 Å². The fourth-order valence-electron chi connectivity index (χ4n) is 3.19. The van der Waals surface area contributed by atoms with E-state index in [4.69, 9.17) is 15.6 Å².